The molecular weight excluding hydrogens is 263 g/mol. The summed E-state index contributed by atoms with van der Waals surface area (Å²) < 4.78 is 13.1. The predicted molar refractivity (Wildman–Crippen MR) is 76.2 cm³/mol. The van der Waals surface area contributed by atoms with Gasteiger partial charge in [0.05, 0.1) is 0 Å². The lowest BCUT2D eigenvalue weighted by molar-refractivity contribution is 0.159. The van der Waals surface area contributed by atoms with E-state index in [1.165, 1.54) is 11.1 Å². The van der Waals surface area contributed by atoms with Gasteiger partial charge in [0, 0.05) is 30.9 Å². The van der Waals surface area contributed by atoms with Crippen LogP contribution in [0.15, 0.2) is 11.6 Å². The topological polar surface area (TPSA) is 16.1 Å². The minimum Gasteiger partial charge on any atom is -0.299 e. The summed E-state index contributed by atoms with van der Waals surface area (Å²) in [6, 6.07) is 2.11. The van der Waals surface area contributed by atoms with Crippen molar-refractivity contribution >= 4 is 17.7 Å². The number of alkyl halides is 1. The second-order valence-electron chi connectivity index (χ2n) is 5.56. The molecule has 0 aromatic carbocycles. The Morgan fingerprint density at radius 1 is 1.42 bits per heavy atom. The Hall–Kier alpha value is -0.930. The molecule has 1 fully saturated rings. The molecule has 0 N–H and O–H groups in total. The highest BCUT2D eigenvalue weighted by Gasteiger charge is 2.22. The summed E-state index contributed by atoms with van der Waals surface area (Å²) in [6.07, 6.45) is 3.84. The number of rotatable bonds is 2. The van der Waals surface area contributed by atoms with Crippen molar-refractivity contribution in [3.63, 3.8) is 0 Å². The Balaban J connectivity index is 1.69. The first-order valence-electron chi connectivity index (χ1n) is 6.83. The van der Waals surface area contributed by atoms with Crippen LogP contribution >= 0.6 is 11.6 Å². The van der Waals surface area contributed by atoms with E-state index in [0.29, 0.717) is 18.0 Å². The standard InChI is InChI=1S/C15H18ClFN2/c1-10-6-12-7-11(8-14(12)15(16)18-10)9-19-4-2-13(17)3-5-19/h6,8,13H,2-5,7,9H2,1H3. The smallest absolute Gasteiger partial charge is 0.136 e. The molecule has 102 valence electrons. The summed E-state index contributed by atoms with van der Waals surface area (Å²) >= 11 is 6.18. The zero-order chi connectivity index (χ0) is 13.4. The number of hydrogen-bond acceptors (Lipinski definition) is 2. The lowest BCUT2D eigenvalue weighted by atomic mass is 10.1. The Bertz CT molecular complexity index is 519. The van der Waals surface area contributed by atoms with Crippen molar-refractivity contribution < 1.29 is 4.39 Å². The minimum absolute atomic E-state index is 0.604. The molecule has 19 heavy (non-hydrogen) atoms. The van der Waals surface area contributed by atoms with Gasteiger partial charge >= 0.3 is 0 Å². The number of nitrogens with zero attached hydrogens (tertiary/aromatic N) is 2. The molecule has 1 aliphatic heterocycles. The van der Waals surface area contributed by atoms with Crippen molar-refractivity contribution in [3.05, 3.63) is 33.6 Å². The molecule has 0 bridgehead atoms. The number of likely N-dealkylation sites (tertiary alicyclic amines) is 1. The Morgan fingerprint density at radius 3 is 2.89 bits per heavy atom. The minimum atomic E-state index is -0.604. The molecule has 0 amide bonds. The highest BCUT2D eigenvalue weighted by Crippen LogP contribution is 2.31. The highest BCUT2D eigenvalue weighted by molar-refractivity contribution is 6.31. The number of aryl methyl sites for hydroxylation is 1. The van der Waals surface area contributed by atoms with Crippen LogP contribution in [0, 0.1) is 6.92 Å². The highest BCUT2D eigenvalue weighted by atomic mass is 35.5. The second kappa shape index (κ2) is 5.22. The lowest BCUT2D eigenvalue weighted by Crippen LogP contribution is -2.35. The molecule has 0 unspecified atom stereocenters. The second-order valence-corrected chi connectivity index (χ2v) is 5.92. The van der Waals surface area contributed by atoms with Crippen molar-refractivity contribution in [2.75, 3.05) is 19.6 Å². The van der Waals surface area contributed by atoms with E-state index in [1.807, 2.05) is 6.92 Å². The maximum Gasteiger partial charge on any atom is 0.136 e. The SMILES string of the molecule is Cc1cc2c(c(Cl)n1)C=C(CN1CCC(F)CC1)C2. The van der Waals surface area contributed by atoms with E-state index in [-0.39, 0.29) is 0 Å². The van der Waals surface area contributed by atoms with Crippen molar-refractivity contribution in [3.8, 4) is 0 Å². The molecule has 2 nitrogen and oxygen atoms in total. The summed E-state index contributed by atoms with van der Waals surface area (Å²) in [5.74, 6) is 0. The van der Waals surface area contributed by atoms with Crippen molar-refractivity contribution in [2.24, 2.45) is 0 Å². The monoisotopic (exact) mass is 280 g/mol. The normalized spacial score (nSPS) is 20.5. The summed E-state index contributed by atoms with van der Waals surface area (Å²) in [7, 11) is 0. The van der Waals surface area contributed by atoms with Crippen molar-refractivity contribution in [2.45, 2.75) is 32.4 Å². The quantitative estimate of drug-likeness (QED) is 0.772. The van der Waals surface area contributed by atoms with Gasteiger partial charge in [-0.3, -0.25) is 4.90 Å². The van der Waals surface area contributed by atoms with Crippen LogP contribution in [0.2, 0.25) is 5.15 Å². The number of hydrogen-bond donors (Lipinski definition) is 0. The summed E-state index contributed by atoms with van der Waals surface area (Å²) in [5.41, 5.74) is 4.67. The van der Waals surface area contributed by atoms with Crippen LogP contribution in [0.1, 0.15) is 29.7 Å². The summed E-state index contributed by atoms with van der Waals surface area (Å²) in [6.45, 7) is 4.62. The Kier molecular flexibility index (Phi) is 3.59. The van der Waals surface area contributed by atoms with Gasteiger partial charge < -0.3 is 0 Å². The molecule has 2 aliphatic rings. The van der Waals surface area contributed by atoms with Crippen molar-refractivity contribution in [1.82, 2.24) is 9.88 Å². The summed E-state index contributed by atoms with van der Waals surface area (Å²) in [5, 5.41) is 0.604. The number of piperidine rings is 1. The van der Waals surface area contributed by atoms with Crippen LogP contribution < -0.4 is 0 Å². The third-order valence-electron chi connectivity index (χ3n) is 3.94. The third-order valence-corrected chi connectivity index (χ3v) is 4.22. The van der Waals surface area contributed by atoms with Gasteiger partial charge in [0.25, 0.3) is 0 Å². The first kappa shape index (κ1) is 13.1. The van der Waals surface area contributed by atoms with Gasteiger partial charge in [-0.25, -0.2) is 9.37 Å². The molecule has 3 rings (SSSR count). The van der Waals surface area contributed by atoms with E-state index in [4.69, 9.17) is 11.6 Å². The van der Waals surface area contributed by atoms with Gasteiger partial charge in [0.15, 0.2) is 0 Å². The van der Waals surface area contributed by atoms with Crippen LogP contribution in [0.5, 0.6) is 0 Å². The van der Waals surface area contributed by atoms with E-state index in [0.717, 1.165) is 37.3 Å². The largest absolute Gasteiger partial charge is 0.299 e. The van der Waals surface area contributed by atoms with Crippen LogP contribution in [-0.2, 0) is 6.42 Å². The van der Waals surface area contributed by atoms with E-state index in [2.05, 4.69) is 22.0 Å². The molecule has 2 heterocycles. The molecule has 1 aromatic heterocycles. The average Bonchev–Trinajstić information content (AvgIpc) is 2.75. The molecule has 1 saturated heterocycles. The number of halogens is 2. The van der Waals surface area contributed by atoms with Crippen LogP contribution in [0.3, 0.4) is 0 Å². The number of aromatic nitrogens is 1. The maximum absolute atomic E-state index is 13.1. The van der Waals surface area contributed by atoms with Crippen LogP contribution in [-0.4, -0.2) is 35.7 Å². The lowest BCUT2D eigenvalue weighted by Gasteiger charge is -2.28. The number of pyridine rings is 1. The van der Waals surface area contributed by atoms with E-state index < -0.39 is 6.17 Å². The fourth-order valence-electron chi connectivity index (χ4n) is 2.96. The predicted octanol–water partition coefficient (Wildman–Crippen LogP) is 3.42. The fraction of sp³-hybridized carbons (Fsp3) is 0.533. The first-order chi connectivity index (χ1) is 9.11. The van der Waals surface area contributed by atoms with Gasteiger partial charge in [-0.15, -0.1) is 0 Å². The van der Waals surface area contributed by atoms with Gasteiger partial charge in [-0.2, -0.15) is 0 Å². The van der Waals surface area contributed by atoms with Crippen molar-refractivity contribution in [1.29, 1.82) is 0 Å². The molecule has 1 aliphatic carbocycles. The number of fused-ring (bicyclic) bond motifs is 1. The molecule has 0 atom stereocenters. The maximum atomic E-state index is 13.1. The molecule has 4 heteroatoms. The summed E-state index contributed by atoms with van der Waals surface area (Å²) in [4.78, 5) is 6.63. The Morgan fingerprint density at radius 2 is 2.16 bits per heavy atom. The van der Waals surface area contributed by atoms with E-state index >= 15 is 0 Å². The van der Waals surface area contributed by atoms with Crippen LogP contribution in [0.4, 0.5) is 4.39 Å². The molecular formula is C15H18ClFN2. The van der Waals surface area contributed by atoms with E-state index in [1.54, 1.807) is 0 Å². The fourth-order valence-corrected chi connectivity index (χ4v) is 3.27. The van der Waals surface area contributed by atoms with E-state index in [9.17, 15) is 4.39 Å². The third kappa shape index (κ3) is 2.82. The van der Waals surface area contributed by atoms with Gasteiger partial charge in [0.2, 0.25) is 0 Å². The first-order valence-corrected chi connectivity index (χ1v) is 7.21. The zero-order valence-corrected chi connectivity index (χ0v) is 11.9. The molecule has 0 saturated carbocycles. The van der Waals surface area contributed by atoms with Crippen LogP contribution in [0.25, 0.3) is 6.08 Å². The van der Waals surface area contributed by atoms with Gasteiger partial charge in [0.1, 0.15) is 11.3 Å². The molecule has 0 spiro atoms. The average molecular weight is 281 g/mol. The zero-order valence-electron chi connectivity index (χ0n) is 11.1. The Labute approximate surface area is 118 Å². The van der Waals surface area contributed by atoms with Gasteiger partial charge in [-0.1, -0.05) is 23.3 Å². The molecule has 0 radical (unpaired) electrons. The van der Waals surface area contributed by atoms with Gasteiger partial charge in [-0.05, 0) is 37.8 Å². The molecule has 1 aromatic rings.